The van der Waals surface area contributed by atoms with Gasteiger partial charge in [0.1, 0.15) is 5.75 Å². The first-order valence-corrected chi connectivity index (χ1v) is 10.3. The minimum atomic E-state index is 0.472. The second-order valence-corrected chi connectivity index (χ2v) is 7.66. The van der Waals surface area contributed by atoms with Crippen molar-refractivity contribution in [3.05, 3.63) is 53.9 Å². The molecule has 2 aromatic rings. The van der Waals surface area contributed by atoms with Crippen molar-refractivity contribution in [2.75, 3.05) is 6.61 Å². The second-order valence-electron chi connectivity index (χ2n) is 7.66. The Balaban J connectivity index is 1.99. The molecule has 1 aromatic carbocycles. The number of aromatic nitrogens is 2. The average molecular weight is 367 g/mol. The van der Waals surface area contributed by atoms with Gasteiger partial charge in [0.05, 0.1) is 12.2 Å². The molecule has 0 radical (unpaired) electrons. The number of benzene rings is 1. The molecule has 0 saturated heterocycles. The van der Waals surface area contributed by atoms with E-state index in [4.69, 9.17) is 4.74 Å². The van der Waals surface area contributed by atoms with Crippen LogP contribution < -0.4 is 4.74 Å². The summed E-state index contributed by atoms with van der Waals surface area (Å²) in [5.41, 5.74) is 3.53. The Hall–Kier alpha value is -2.16. The summed E-state index contributed by atoms with van der Waals surface area (Å²) in [7, 11) is 0. The highest BCUT2D eigenvalue weighted by atomic mass is 16.5. The first-order chi connectivity index (χ1) is 13.1. The average Bonchev–Trinajstić information content (AvgIpc) is 2.69. The van der Waals surface area contributed by atoms with Crippen LogP contribution in [-0.4, -0.2) is 16.6 Å². The third kappa shape index (κ3) is 7.54. The molecule has 3 nitrogen and oxygen atoms in total. The summed E-state index contributed by atoms with van der Waals surface area (Å²) in [6.45, 7) is 9.41. The molecule has 0 spiro atoms. The van der Waals surface area contributed by atoms with Gasteiger partial charge >= 0.3 is 0 Å². The number of allylic oxidation sites excluding steroid dienone is 2. The van der Waals surface area contributed by atoms with Crippen molar-refractivity contribution >= 4 is 0 Å². The molecule has 0 fully saturated rings. The highest BCUT2D eigenvalue weighted by Gasteiger charge is 2.10. The molecule has 0 aliphatic carbocycles. The Kier molecular flexibility index (Phi) is 9.03. The largest absolute Gasteiger partial charge is 0.493 e. The fourth-order valence-corrected chi connectivity index (χ4v) is 2.89. The maximum absolute atomic E-state index is 6.10. The number of unbranched alkanes of at least 4 members (excludes halogenated alkanes) is 3. The maximum Gasteiger partial charge on any atom is 0.162 e. The van der Waals surface area contributed by atoms with Gasteiger partial charge in [0, 0.05) is 12.4 Å². The number of rotatable bonds is 11. The smallest absolute Gasteiger partial charge is 0.162 e. The lowest BCUT2D eigenvalue weighted by atomic mass is 10.1. The van der Waals surface area contributed by atoms with E-state index in [2.05, 4.69) is 43.7 Å². The van der Waals surface area contributed by atoms with E-state index in [0.717, 1.165) is 30.0 Å². The second kappa shape index (κ2) is 11.5. The van der Waals surface area contributed by atoms with Gasteiger partial charge in [-0.05, 0) is 56.7 Å². The third-order valence-corrected chi connectivity index (χ3v) is 4.60. The lowest BCUT2D eigenvalue weighted by molar-refractivity contribution is 0.262. The summed E-state index contributed by atoms with van der Waals surface area (Å²) in [6, 6.07) is 8.05. The van der Waals surface area contributed by atoms with Crippen molar-refractivity contribution in [2.24, 2.45) is 5.92 Å². The molecule has 3 heteroatoms. The summed E-state index contributed by atoms with van der Waals surface area (Å²) >= 11 is 0. The fourth-order valence-electron chi connectivity index (χ4n) is 2.89. The number of aryl methyl sites for hydroxylation is 1. The first kappa shape index (κ1) is 21.1. The van der Waals surface area contributed by atoms with Crippen molar-refractivity contribution in [3.8, 4) is 17.1 Å². The van der Waals surface area contributed by atoms with Crippen LogP contribution in [0.25, 0.3) is 11.4 Å². The highest BCUT2D eigenvalue weighted by molar-refractivity contribution is 5.63. The number of nitrogens with zero attached hydrogens (tertiary/aromatic N) is 2. The molecule has 1 unspecified atom stereocenters. The standard InChI is InChI=1S/C24H34N2O/c1-5-6-7-8-11-21-16-25-24(26-17-21)22-12-9-10-13-23(22)27-18-20(4)15-14-19(2)3/h9-10,12-14,16-17,20H,5-8,11,15,18H2,1-4H3. The summed E-state index contributed by atoms with van der Waals surface area (Å²) in [4.78, 5) is 9.19. The predicted octanol–water partition coefficient (Wildman–Crippen LogP) is 6.64. The molecule has 1 heterocycles. The topological polar surface area (TPSA) is 35.0 Å². The van der Waals surface area contributed by atoms with Gasteiger partial charge in [0.2, 0.25) is 0 Å². The molecule has 0 bridgehead atoms. The third-order valence-electron chi connectivity index (χ3n) is 4.60. The van der Waals surface area contributed by atoms with Crippen molar-refractivity contribution in [2.45, 2.75) is 66.2 Å². The molecular formula is C24H34N2O. The zero-order valence-electron chi connectivity index (χ0n) is 17.4. The van der Waals surface area contributed by atoms with Gasteiger partial charge in [-0.25, -0.2) is 9.97 Å². The number of ether oxygens (including phenoxy) is 1. The van der Waals surface area contributed by atoms with Crippen molar-refractivity contribution in [1.29, 1.82) is 0 Å². The van der Waals surface area contributed by atoms with Crippen LogP contribution >= 0.6 is 0 Å². The van der Waals surface area contributed by atoms with E-state index in [1.807, 2.05) is 36.7 Å². The number of para-hydroxylation sites is 1. The van der Waals surface area contributed by atoms with Gasteiger partial charge in [-0.3, -0.25) is 0 Å². The van der Waals surface area contributed by atoms with Gasteiger partial charge in [0.25, 0.3) is 0 Å². The lowest BCUT2D eigenvalue weighted by Crippen LogP contribution is -2.08. The summed E-state index contributed by atoms with van der Waals surface area (Å²) in [5.74, 6) is 2.07. The monoisotopic (exact) mass is 366 g/mol. The van der Waals surface area contributed by atoms with Crippen molar-refractivity contribution < 1.29 is 4.74 Å². The quantitative estimate of drug-likeness (QED) is 0.330. The molecule has 27 heavy (non-hydrogen) atoms. The SMILES string of the molecule is CCCCCCc1cnc(-c2ccccc2OCC(C)CC=C(C)C)nc1. The van der Waals surface area contributed by atoms with Crippen molar-refractivity contribution in [3.63, 3.8) is 0 Å². The zero-order valence-corrected chi connectivity index (χ0v) is 17.4. The van der Waals surface area contributed by atoms with Crippen LogP contribution in [-0.2, 0) is 6.42 Å². The molecule has 0 N–H and O–H groups in total. The van der Waals surface area contributed by atoms with Gasteiger partial charge in [-0.15, -0.1) is 0 Å². The Bertz CT molecular complexity index is 703. The van der Waals surface area contributed by atoms with Crippen LogP contribution in [0.1, 0.15) is 65.4 Å². The van der Waals surface area contributed by atoms with Crippen LogP contribution in [0, 0.1) is 5.92 Å². The molecule has 0 saturated carbocycles. The molecule has 0 amide bonds. The number of hydrogen-bond donors (Lipinski definition) is 0. The maximum atomic E-state index is 6.10. The lowest BCUT2D eigenvalue weighted by Gasteiger charge is -2.14. The molecule has 146 valence electrons. The van der Waals surface area contributed by atoms with E-state index in [0.29, 0.717) is 12.5 Å². The Labute approximate surface area is 164 Å². The number of hydrogen-bond acceptors (Lipinski definition) is 3. The minimum absolute atomic E-state index is 0.472. The Morgan fingerprint density at radius 2 is 1.81 bits per heavy atom. The highest BCUT2D eigenvalue weighted by Crippen LogP contribution is 2.27. The molecule has 0 aliphatic rings. The van der Waals surface area contributed by atoms with E-state index in [9.17, 15) is 0 Å². The summed E-state index contributed by atoms with van der Waals surface area (Å²) < 4.78 is 6.10. The van der Waals surface area contributed by atoms with Crippen LogP contribution in [0.2, 0.25) is 0 Å². The minimum Gasteiger partial charge on any atom is -0.493 e. The van der Waals surface area contributed by atoms with E-state index in [1.54, 1.807) is 0 Å². The summed E-state index contributed by atoms with van der Waals surface area (Å²) in [5, 5.41) is 0. The van der Waals surface area contributed by atoms with Gasteiger partial charge in [0.15, 0.2) is 5.82 Å². The normalized spacial score (nSPS) is 11.9. The molecule has 2 rings (SSSR count). The molecule has 0 aliphatic heterocycles. The molecule has 1 aromatic heterocycles. The molecule has 1 atom stereocenters. The van der Waals surface area contributed by atoms with Crippen LogP contribution in [0.4, 0.5) is 0 Å². The van der Waals surface area contributed by atoms with E-state index < -0.39 is 0 Å². The van der Waals surface area contributed by atoms with E-state index in [-0.39, 0.29) is 0 Å². The summed E-state index contributed by atoms with van der Waals surface area (Å²) in [6.07, 6.45) is 13.3. The van der Waals surface area contributed by atoms with Gasteiger partial charge in [-0.2, -0.15) is 0 Å². The van der Waals surface area contributed by atoms with E-state index in [1.165, 1.54) is 36.8 Å². The molecular weight excluding hydrogens is 332 g/mol. The Morgan fingerprint density at radius 1 is 1.07 bits per heavy atom. The fraction of sp³-hybridized carbons (Fsp3) is 0.500. The van der Waals surface area contributed by atoms with Crippen LogP contribution in [0.3, 0.4) is 0 Å². The van der Waals surface area contributed by atoms with Crippen LogP contribution in [0.5, 0.6) is 5.75 Å². The van der Waals surface area contributed by atoms with Gasteiger partial charge < -0.3 is 4.74 Å². The van der Waals surface area contributed by atoms with Crippen molar-refractivity contribution in [1.82, 2.24) is 9.97 Å². The Morgan fingerprint density at radius 3 is 2.52 bits per heavy atom. The van der Waals surface area contributed by atoms with Crippen LogP contribution in [0.15, 0.2) is 48.3 Å². The first-order valence-electron chi connectivity index (χ1n) is 10.3. The predicted molar refractivity (Wildman–Crippen MR) is 114 cm³/mol. The van der Waals surface area contributed by atoms with E-state index >= 15 is 0 Å². The zero-order chi connectivity index (χ0) is 19.5. The van der Waals surface area contributed by atoms with Gasteiger partial charge in [-0.1, -0.05) is 56.9 Å².